The van der Waals surface area contributed by atoms with Gasteiger partial charge < -0.3 is 10.1 Å². The summed E-state index contributed by atoms with van der Waals surface area (Å²) in [5.74, 6) is 2.21. The zero-order valence-corrected chi connectivity index (χ0v) is 17.0. The van der Waals surface area contributed by atoms with Crippen molar-refractivity contribution in [3.63, 3.8) is 0 Å². The van der Waals surface area contributed by atoms with Crippen molar-refractivity contribution in [2.75, 3.05) is 26.3 Å². The van der Waals surface area contributed by atoms with E-state index < -0.39 is 9.05 Å². The highest BCUT2D eigenvalue weighted by molar-refractivity contribution is 8.27. The Labute approximate surface area is 153 Å². The van der Waals surface area contributed by atoms with Crippen molar-refractivity contribution in [1.29, 1.82) is 0 Å². The molecule has 0 bridgehead atoms. The summed E-state index contributed by atoms with van der Waals surface area (Å²) in [7, 11) is -3.48. The van der Waals surface area contributed by atoms with Crippen molar-refractivity contribution >= 4 is 20.2 Å². The van der Waals surface area contributed by atoms with Gasteiger partial charge in [-0.2, -0.15) is 4.21 Å². The molecule has 0 aromatic carbocycles. The Kier molecular flexibility index (Phi) is 10.9. The zero-order valence-electron chi connectivity index (χ0n) is 15.4. The maximum atomic E-state index is 10.7. The summed E-state index contributed by atoms with van der Waals surface area (Å²) < 4.78 is 30.3. The molecule has 0 aliphatic heterocycles. The van der Waals surface area contributed by atoms with Crippen LogP contribution in [-0.4, -0.2) is 41.2 Å². The van der Waals surface area contributed by atoms with E-state index in [-0.39, 0.29) is 6.61 Å². The van der Waals surface area contributed by atoms with Crippen LogP contribution in [0.5, 0.6) is 0 Å². The van der Waals surface area contributed by atoms with Crippen molar-refractivity contribution < 1.29 is 17.7 Å². The number of rotatable bonds is 12. The quantitative estimate of drug-likeness (QED) is 0.505. The number of unbranched alkanes of at least 4 members (excludes halogenated alkanes) is 2. The van der Waals surface area contributed by atoms with Gasteiger partial charge in [0.2, 0.25) is 0 Å². The molecule has 7 heteroatoms. The van der Waals surface area contributed by atoms with Crippen LogP contribution in [0.15, 0.2) is 0 Å². The molecule has 1 fully saturated rings. The highest BCUT2D eigenvalue weighted by Gasteiger charge is 2.31. The second kappa shape index (κ2) is 11.8. The van der Waals surface area contributed by atoms with Gasteiger partial charge in [-0.1, -0.05) is 27.2 Å². The molecule has 0 radical (unpaired) electrons. The van der Waals surface area contributed by atoms with E-state index in [1.54, 1.807) is 0 Å². The van der Waals surface area contributed by atoms with Crippen LogP contribution in [0.3, 0.4) is 0 Å². The minimum atomic E-state index is -3.48. The molecular weight excluding hydrogens is 346 g/mol. The van der Waals surface area contributed by atoms with Gasteiger partial charge >= 0.3 is 0 Å². The number of hydrogen-bond acceptors (Lipinski definition) is 5. The molecule has 24 heavy (non-hydrogen) atoms. The zero-order chi connectivity index (χ0) is 18.0. The molecule has 0 saturated heterocycles. The standard InChI is InChI=1S/C17H35NO4S2/c1-14(2)16-8-7-15(3)13-17(16)21-11-6-4-5-9-18-10-12-22-24(19,20)23/h14-18H,4-13H2,1-3H3,(H,19,20,23). The fourth-order valence-corrected chi connectivity index (χ4v) is 3.91. The van der Waals surface area contributed by atoms with Crippen LogP contribution in [-0.2, 0) is 29.2 Å². The molecule has 0 aromatic heterocycles. The molecule has 0 spiro atoms. The second-order valence-corrected chi connectivity index (χ2v) is 9.65. The van der Waals surface area contributed by atoms with Gasteiger partial charge in [0.15, 0.2) is 0 Å². The van der Waals surface area contributed by atoms with Gasteiger partial charge in [0, 0.05) is 24.3 Å². The lowest BCUT2D eigenvalue weighted by Crippen LogP contribution is -2.34. The van der Waals surface area contributed by atoms with E-state index in [9.17, 15) is 4.21 Å². The average molecular weight is 382 g/mol. The molecule has 0 aromatic rings. The van der Waals surface area contributed by atoms with E-state index in [4.69, 9.17) is 9.29 Å². The molecule has 4 atom stereocenters. The first-order chi connectivity index (χ1) is 11.3. The van der Waals surface area contributed by atoms with E-state index in [0.29, 0.717) is 24.5 Å². The van der Waals surface area contributed by atoms with Crippen LogP contribution in [0.1, 0.15) is 59.3 Å². The van der Waals surface area contributed by atoms with E-state index in [1.165, 1.54) is 19.3 Å². The fraction of sp³-hybridized carbons (Fsp3) is 1.00. The van der Waals surface area contributed by atoms with Crippen molar-refractivity contribution in [3.05, 3.63) is 0 Å². The Morgan fingerprint density at radius 2 is 1.96 bits per heavy atom. The first-order valence-corrected chi connectivity index (χ1v) is 11.6. The van der Waals surface area contributed by atoms with Crippen LogP contribution in [0, 0.1) is 17.8 Å². The highest BCUT2D eigenvalue weighted by Crippen LogP contribution is 2.35. The van der Waals surface area contributed by atoms with Crippen LogP contribution >= 0.6 is 0 Å². The third-order valence-electron chi connectivity index (χ3n) is 4.80. The Morgan fingerprint density at radius 3 is 2.62 bits per heavy atom. The Hall–Kier alpha value is 0.210. The molecule has 1 rings (SSSR count). The molecule has 4 unspecified atom stereocenters. The summed E-state index contributed by atoms with van der Waals surface area (Å²) >= 11 is 4.24. The van der Waals surface area contributed by atoms with Gasteiger partial charge in [0.25, 0.3) is 9.05 Å². The largest absolute Gasteiger partial charge is 0.378 e. The monoisotopic (exact) mass is 381 g/mol. The predicted octanol–water partition coefficient (Wildman–Crippen LogP) is 3.37. The van der Waals surface area contributed by atoms with Gasteiger partial charge in [-0.05, 0) is 56.4 Å². The second-order valence-electron chi connectivity index (χ2n) is 7.30. The molecule has 1 saturated carbocycles. The molecule has 1 aliphatic rings. The maximum absolute atomic E-state index is 10.7. The van der Waals surface area contributed by atoms with Crippen molar-refractivity contribution in [2.45, 2.75) is 65.4 Å². The summed E-state index contributed by atoms with van der Waals surface area (Å²) in [6.07, 6.45) is 7.58. The molecule has 0 heterocycles. The van der Waals surface area contributed by atoms with E-state index in [0.717, 1.165) is 38.3 Å². The number of nitrogens with one attached hydrogen (secondary N) is 1. The SMILES string of the molecule is CC1CCC(C(C)C)C(OCCCCCNCCOS(=O)(O)=S)C1. The van der Waals surface area contributed by atoms with Gasteiger partial charge in [-0.3, -0.25) is 8.74 Å². The predicted molar refractivity (Wildman–Crippen MR) is 102 cm³/mol. The smallest absolute Gasteiger partial charge is 0.266 e. The van der Waals surface area contributed by atoms with Crippen LogP contribution in [0.2, 0.25) is 0 Å². The first-order valence-electron chi connectivity index (χ1n) is 9.23. The number of ether oxygens (including phenoxy) is 1. The Bertz CT molecular complexity index is 428. The molecule has 0 amide bonds. The van der Waals surface area contributed by atoms with Gasteiger partial charge in [0.1, 0.15) is 0 Å². The van der Waals surface area contributed by atoms with E-state index >= 15 is 0 Å². The van der Waals surface area contributed by atoms with Crippen molar-refractivity contribution in [1.82, 2.24) is 5.32 Å². The van der Waals surface area contributed by atoms with E-state index in [1.807, 2.05) is 0 Å². The maximum Gasteiger partial charge on any atom is 0.266 e. The lowest BCUT2D eigenvalue weighted by molar-refractivity contribution is -0.0394. The Morgan fingerprint density at radius 1 is 1.21 bits per heavy atom. The summed E-state index contributed by atoms with van der Waals surface area (Å²) in [5, 5.41) is 3.18. The van der Waals surface area contributed by atoms with Crippen molar-refractivity contribution in [3.8, 4) is 0 Å². The molecule has 2 N–H and O–H groups in total. The number of hydrogen-bond donors (Lipinski definition) is 2. The van der Waals surface area contributed by atoms with Crippen LogP contribution in [0.4, 0.5) is 0 Å². The van der Waals surface area contributed by atoms with Crippen LogP contribution in [0.25, 0.3) is 0 Å². The lowest BCUT2D eigenvalue weighted by atomic mass is 9.75. The van der Waals surface area contributed by atoms with Crippen LogP contribution < -0.4 is 5.32 Å². The summed E-state index contributed by atoms with van der Waals surface area (Å²) in [6.45, 7) is 9.40. The van der Waals surface area contributed by atoms with Gasteiger partial charge in [0.05, 0.1) is 12.7 Å². The third kappa shape index (κ3) is 10.3. The molecule has 5 nitrogen and oxygen atoms in total. The molecular formula is C17H35NO4S2. The Balaban J connectivity index is 2.01. The van der Waals surface area contributed by atoms with Gasteiger partial charge in [-0.25, -0.2) is 0 Å². The first kappa shape index (κ1) is 22.3. The van der Waals surface area contributed by atoms with Crippen molar-refractivity contribution in [2.24, 2.45) is 17.8 Å². The van der Waals surface area contributed by atoms with E-state index in [2.05, 4.69) is 41.5 Å². The summed E-state index contributed by atoms with van der Waals surface area (Å²) in [5.41, 5.74) is 0. The third-order valence-corrected chi connectivity index (χ3v) is 5.56. The highest BCUT2D eigenvalue weighted by atomic mass is 32.9. The topological polar surface area (TPSA) is 67.8 Å². The molecule has 144 valence electrons. The van der Waals surface area contributed by atoms with Gasteiger partial charge in [-0.15, -0.1) is 0 Å². The average Bonchev–Trinajstić information content (AvgIpc) is 2.47. The fourth-order valence-electron chi connectivity index (χ4n) is 3.41. The lowest BCUT2D eigenvalue weighted by Gasteiger charge is -2.37. The molecule has 1 aliphatic carbocycles. The normalized spacial score (nSPS) is 27.3. The summed E-state index contributed by atoms with van der Waals surface area (Å²) in [4.78, 5) is 0. The minimum Gasteiger partial charge on any atom is -0.378 e. The summed E-state index contributed by atoms with van der Waals surface area (Å²) in [6, 6.07) is 0. The minimum absolute atomic E-state index is 0.165.